The fraction of sp³-hybridized carbons (Fsp3) is 0.312. The van der Waals surface area contributed by atoms with E-state index in [1.54, 1.807) is 11.3 Å². The van der Waals surface area contributed by atoms with Crippen LogP contribution in [0.25, 0.3) is 21.7 Å². The minimum atomic E-state index is 0.289. The predicted octanol–water partition coefficient (Wildman–Crippen LogP) is 4.60. The van der Waals surface area contributed by atoms with E-state index in [-0.39, 0.29) is 6.10 Å². The van der Waals surface area contributed by atoms with Gasteiger partial charge in [-0.3, -0.25) is 0 Å². The first-order valence-corrected chi connectivity index (χ1v) is 8.38. The summed E-state index contributed by atoms with van der Waals surface area (Å²) in [7, 11) is 0. The van der Waals surface area contributed by atoms with Crippen LogP contribution in [0.1, 0.15) is 12.8 Å². The van der Waals surface area contributed by atoms with Gasteiger partial charge in [-0.2, -0.15) is 0 Å². The number of nitrogens with zero attached hydrogens (tertiary/aromatic N) is 2. The summed E-state index contributed by atoms with van der Waals surface area (Å²) in [4.78, 5) is 5.97. The van der Waals surface area contributed by atoms with Crippen LogP contribution < -0.4 is 0 Å². The number of hydrogen-bond acceptors (Lipinski definition) is 3. The van der Waals surface area contributed by atoms with Crippen molar-refractivity contribution >= 4 is 34.0 Å². The summed E-state index contributed by atoms with van der Waals surface area (Å²) in [6.45, 7) is 1.73. The van der Waals surface area contributed by atoms with Crippen LogP contribution in [-0.2, 0) is 11.3 Å². The molecule has 4 rings (SSSR count). The number of imidazole rings is 1. The Morgan fingerprint density at radius 1 is 1.38 bits per heavy atom. The average molecular weight is 319 g/mol. The lowest BCUT2D eigenvalue weighted by Crippen LogP contribution is -2.15. The van der Waals surface area contributed by atoms with E-state index in [2.05, 4.69) is 28.1 Å². The Kier molecular flexibility index (Phi) is 3.45. The highest BCUT2D eigenvalue weighted by Crippen LogP contribution is 2.30. The van der Waals surface area contributed by atoms with E-state index in [4.69, 9.17) is 21.3 Å². The molecule has 3 aromatic rings. The monoisotopic (exact) mass is 318 g/mol. The van der Waals surface area contributed by atoms with Gasteiger partial charge < -0.3 is 9.30 Å². The number of rotatable bonds is 3. The zero-order valence-corrected chi connectivity index (χ0v) is 13.0. The van der Waals surface area contributed by atoms with Crippen molar-refractivity contribution in [3.05, 3.63) is 40.7 Å². The molecule has 1 aliphatic rings. The van der Waals surface area contributed by atoms with Gasteiger partial charge in [-0.15, -0.1) is 11.3 Å². The minimum Gasteiger partial charge on any atom is -0.376 e. The Hall–Kier alpha value is -1.36. The molecule has 0 aliphatic carbocycles. The van der Waals surface area contributed by atoms with Gasteiger partial charge in [0.25, 0.3) is 0 Å². The molecule has 3 heterocycles. The predicted molar refractivity (Wildman–Crippen MR) is 87.0 cm³/mol. The summed E-state index contributed by atoms with van der Waals surface area (Å²) in [6, 6.07) is 10.1. The third-order valence-electron chi connectivity index (χ3n) is 3.86. The van der Waals surface area contributed by atoms with E-state index in [1.807, 2.05) is 12.1 Å². The summed E-state index contributed by atoms with van der Waals surface area (Å²) < 4.78 is 8.07. The van der Waals surface area contributed by atoms with E-state index in [0.717, 1.165) is 47.9 Å². The van der Waals surface area contributed by atoms with Crippen LogP contribution in [0.5, 0.6) is 0 Å². The molecule has 0 saturated carbocycles. The van der Waals surface area contributed by atoms with Crippen molar-refractivity contribution in [3.8, 4) is 10.7 Å². The number of ether oxygens (including phenoxy) is 1. The standard InChI is InChI=1S/C16H15ClN2OS/c17-11-5-6-14-13(9-11)18-16(15-4-2-8-21-15)19(14)10-12-3-1-7-20-12/h2,4-6,8-9,12H,1,3,7,10H2. The summed E-state index contributed by atoms with van der Waals surface area (Å²) in [5.74, 6) is 1.01. The molecule has 1 saturated heterocycles. The second-order valence-corrected chi connectivity index (χ2v) is 6.68. The molecule has 2 aromatic heterocycles. The maximum Gasteiger partial charge on any atom is 0.151 e. The molecular formula is C16H15ClN2OS. The molecule has 0 spiro atoms. The van der Waals surface area contributed by atoms with Crippen LogP contribution in [-0.4, -0.2) is 22.3 Å². The molecule has 1 aromatic carbocycles. The highest BCUT2D eigenvalue weighted by Gasteiger charge is 2.20. The van der Waals surface area contributed by atoms with Gasteiger partial charge in [0.1, 0.15) is 0 Å². The molecule has 0 radical (unpaired) electrons. The van der Waals surface area contributed by atoms with Gasteiger partial charge in [0.2, 0.25) is 0 Å². The Balaban J connectivity index is 1.85. The van der Waals surface area contributed by atoms with Crippen LogP contribution in [0.2, 0.25) is 5.02 Å². The van der Waals surface area contributed by atoms with Crippen LogP contribution in [0.4, 0.5) is 0 Å². The van der Waals surface area contributed by atoms with Crippen LogP contribution in [0.15, 0.2) is 35.7 Å². The molecule has 1 aliphatic heterocycles. The average Bonchev–Trinajstić information content (AvgIpc) is 3.19. The van der Waals surface area contributed by atoms with Gasteiger partial charge in [-0.05, 0) is 42.5 Å². The van der Waals surface area contributed by atoms with Gasteiger partial charge >= 0.3 is 0 Å². The summed E-state index contributed by atoms with van der Waals surface area (Å²) in [6.07, 6.45) is 2.56. The molecule has 5 heteroatoms. The van der Waals surface area contributed by atoms with Crippen molar-refractivity contribution in [2.45, 2.75) is 25.5 Å². The number of thiophene rings is 1. The number of hydrogen-bond donors (Lipinski definition) is 0. The molecule has 3 nitrogen and oxygen atoms in total. The van der Waals surface area contributed by atoms with Crippen molar-refractivity contribution in [1.29, 1.82) is 0 Å². The van der Waals surface area contributed by atoms with Gasteiger partial charge in [0, 0.05) is 11.6 Å². The largest absolute Gasteiger partial charge is 0.376 e. The summed E-state index contributed by atoms with van der Waals surface area (Å²) in [5, 5.41) is 2.81. The Morgan fingerprint density at radius 2 is 2.33 bits per heavy atom. The van der Waals surface area contributed by atoms with Gasteiger partial charge in [0.15, 0.2) is 5.82 Å². The van der Waals surface area contributed by atoms with Crippen LogP contribution in [0, 0.1) is 0 Å². The van der Waals surface area contributed by atoms with E-state index in [1.165, 1.54) is 4.88 Å². The van der Waals surface area contributed by atoms with E-state index < -0.39 is 0 Å². The lowest BCUT2D eigenvalue weighted by Gasteiger charge is -2.13. The zero-order valence-electron chi connectivity index (χ0n) is 11.5. The van der Waals surface area contributed by atoms with Crippen LogP contribution >= 0.6 is 22.9 Å². The molecule has 0 N–H and O–H groups in total. The zero-order chi connectivity index (χ0) is 14.2. The maximum atomic E-state index is 6.10. The summed E-state index contributed by atoms with van der Waals surface area (Å²) in [5.41, 5.74) is 2.07. The minimum absolute atomic E-state index is 0.289. The highest BCUT2D eigenvalue weighted by molar-refractivity contribution is 7.13. The third kappa shape index (κ3) is 2.48. The van der Waals surface area contributed by atoms with Crippen molar-refractivity contribution < 1.29 is 4.74 Å². The molecular weight excluding hydrogens is 304 g/mol. The Bertz CT molecular complexity index is 760. The second kappa shape index (κ2) is 5.44. The van der Waals surface area contributed by atoms with Gasteiger partial charge in [0.05, 0.1) is 28.6 Å². The lowest BCUT2D eigenvalue weighted by molar-refractivity contribution is 0.0983. The number of aromatic nitrogens is 2. The third-order valence-corrected chi connectivity index (χ3v) is 4.96. The first kappa shape index (κ1) is 13.3. The maximum absolute atomic E-state index is 6.10. The lowest BCUT2D eigenvalue weighted by atomic mass is 10.2. The molecule has 0 amide bonds. The number of benzene rings is 1. The molecule has 108 valence electrons. The normalized spacial score (nSPS) is 18.6. The molecule has 1 atom stereocenters. The van der Waals surface area contributed by atoms with Gasteiger partial charge in [-0.1, -0.05) is 17.7 Å². The Morgan fingerprint density at radius 3 is 3.10 bits per heavy atom. The quantitative estimate of drug-likeness (QED) is 0.706. The fourth-order valence-electron chi connectivity index (χ4n) is 2.87. The molecule has 21 heavy (non-hydrogen) atoms. The van der Waals surface area contributed by atoms with E-state index in [9.17, 15) is 0 Å². The molecule has 1 fully saturated rings. The topological polar surface area (TPSA) is 27.1 Å². The van der Waals surface area contributed by atoms with Gasteiger partial charge in [-0.25, -0.2) is 4.98 Å². The number of halogens is 1. The second-order valence-electron chi connectivity index (χ2n) is 5.29. The van der Waals surface area contributed by atoms with Crippen LogP contribution in [0.3, 0.4) is 0 Å². The molecule has 1 unspecified atom stereocenters. The SMILES string of the molecule is Clc1ccc2c(c1)nc(-c1cccs1)n2CC1CCCO1. The fourth-order valence-corrected chi connectivity index (χ4v) is 3.76. The van der Waals surface area contributed by atoms with Crippen molar-refractivity contribution in [3.63, 3.8) is 0 Å². The highest BCUT2D eigenvalue weighted by atomic mass is 35.5. The molecule has 0 bridgehead atoms. The first-order chi connectivity index (χ1) is 10.3. The van der Waals surface area contributed by atoms with Crippen molar-refractivity contribution in [1.82, 2.24) is 9.55 Å². The van der Waals surface area contributed by atoms with Crippen molar-refractivity contribution in [2.75, 3.05) is 6.61 Å². The summed E-state index contributed by atoms with van der Waals surface area (Å²) >= 11 is 7.81. The first-order valence-electron chi connectivity index (χ1n) is 7.12. The Labute approximate surface area is 132 Å². The van der Waals surface area contributed by atoms with E-state index in [0.29, 0.717) is 0 Å². The number of fused-ring (bicyclic) bond motifs is 1. The van der Waals surface area contributed by atoms with E-state index >= 15 is 0 Å². The van der Waals surface area contributed by atoms with Crippen molar-refractivity contribution in [2.24, 2.45) is 0 Å². The smallest absolute Gasteiger partial charge is 0.151 e.